The maximum atomic E-state index is 4.62. The smallest absolute Gasteiger partial charge is 0.0705 e. The van der Waals surface area contributed by atoms with E-state index in [4.69, 9.17) is 0 Å². The molecule has 1 aromatic heterocycles. The number of hydrogen-bond acceptors (Lipinski definition) is 2. The van der Waals surface area contributed by atoms with Gasteiger partial charge < -0.3 is 5.32 Å². The first-order valence-corrected chi connectivity index (χ1v) is 8.23. The summed E-state index contributed by atoms with van der Waals surface area (Å²) in [4.78, 5) is 4.62. The molecule has 1 unspecified atom stereocenters. The number of aromatic nitrogens is 1. The van der Waals surface area contributed by atoms with E-state index in [1.807, 2.05) is 6.92 Å². The van der Waals surface area contributed by atoms with Gasteiger partial charge in [-0.1, -0.05) is 38.8 Å². The maximum absolute atomic E-state index is 4.62. The molecule has 21 heavy (non-hydrogen) atoms. The van der Waals surface area contributed by atoms with Crippen molar-refractivity contribution in [3.63, 3.8) is 0 Å². The van der Waals surface area contributed by atoms with Crippen LogP contribution >= 0.6 is 0 Å². The minimum atomic E-state index is 0.391. The lowest BCUT2D eigenvalue weighted by Crippen LogP contribution is -2.34. The van der Waals surface area contributed by atoms with Gasteiger partial charge in [-0.3, -0.25) is 4.98 Å². The van der Waals surface area contributed by atoms with Crippen LogP contribution in [0.2, 0.25) is 0 Å². The molecule has 0 saturated heterocycles. The lowest BCUT2D eigenvalue weighted by atomic mass is 9.77. The molecule has 2 aromatic rings. The summed E-state index contributed by atoms with van der Waals surface area (Å²) in [5.41, 5.74) is 3.99. The van der Waals surface area contributed by atoms with Crippen LogP contribution in [-0.2, 0) is 0 Å². The summed E-state index contributed by atoms with van der Waals surface area (Å²) in [5, 5.41) is 4.99. The molecule has 1 aliphatic carbocycles. The number of hydrogen-bond donors (Lipinski definition) is 1. The Bertz CT molecular complexity index is 626. The highest BCUT2D eigenvalue weighted by atomic mass is 14.9. The first kappa shape index (κ1) is 14.5. The minimum absolute atomic E-state index is 0.391. The number of aryl methyl sites for hydroxylation is 1. The fraction of sp³-hybridized carbons (Fsp3) is 0.526. The van der Waals surface area contributed by atoms with Crippen LogP contribution in [-0.4, -0.2) is 11.5 Å². The summed E-state index contributed by atoms with van der Waals surface area (Å²) in [5.74, 6) is 0. The van der Waals surface area contributed by atoms with Crippen molar-refractivity contribution in [3.05, 3.63) is 41.6 Å². The van der Waals surface area contributed by atoms with Crippen LogP contribution < -0.4 is 5.32 Å². The molecule has 0 aliphatic heterocycles. The van der Waals surface area contributed by atoms with E-state index in [2.05, 4.69) is 54.5 Å². The highest BCUT2D eigenvalue weighted by Crippen LogP contribution is 2.47. The van der Waals surface area contributed by atoms with Crippen molar-refractivity contribution in [1.29, 1.82) is 0 Å². The molecular formula is C19H26N2. The summed E-state index contributed by atoms with van der Waals surface area (Å²) in [6, 6.07) is 11.5. The van der Waals surface area contributed by atoms with E-state index in [0.717, 1.165) is 17.8 Å². The van der Waals surface area contributed by atoms with Gasteiger partial charge in [-0.25, -0.2) is 0 Å². The molecule has 1 N–H and O–H groups in total. The Labute approximate surface area is 128 Å². The Morgan fingerprint density at radius 2 is 1.95 bits per heavy atom. The molecule has 0 bridgehead atoms. The highest BCUT2D eigenvalue weighted by molar-refractivity contribution is 5.79. The fourth-order valence-corrected chi connectivity index (χ4v) is 3.87. The van der Waals surface area contributed by atoms with Crippen molar-refractivity contribution < 1.29 is 0 Å². The first-order valence-electron chi connectivity index (χ1n) is 8.23. The second kappa shape index (κ2) is 5.76. The van der Waals surface area contributed by atoms with Gasteiger partial charge in [0.15, 0.2) is 0 Å². The van der Waals surface area contributed by atoms with E-state index >= 15 is 0 Å². The zero-order valence-electron chi connectivity index (χ0n) is 13.4. The van der Waals surface area contributed by atoms with Gasteiger partial charge in [-0.05, 0) is 55.5 Å². The average Bonchev–Trinajstić information content (AvgIpc) is 2.92. The van der Waals surface area contributed by atoms with Crippen LogP contribution in [0, 0.1) is 12.3 Å². The van der Waals surface area contributed by atoms with Crippen LogP contribution in [0.4, 0.5) is 0 Å². The number of fused-ring (bicyclic) bond motifs is 1. The Hall–Kier alpha value is -1.41. The van der Waals surface area contributed by atoms with E-state index in [1.165, 1.54) is 36.6 Å². The van der Waals surface area contributed by atoms with Crippen LogP contribution in [0.3, 0.4) is 0 Å². The number of rotatable bonds is 4. The van der Waals surface area contributed by atoms with Crippen molar-refractivity contribution >= 4 is 10.9 Å². The average molecular weight is 282 g/mol. The third kappa shape index (κ3) is 2.82. The Balaban J connectivity index is 2.00. The van der Waals surface area contributed by atoms with Crippen LogP contribution in [0.1, 0.15) is 56.8 Å². The van der Waals surface area contributed by atoms with E-state index < -0.39 is 0 Å². The SMILES string of the molecule is CCNC(c1ccc2nc(C)ccc2c1)C1(C)CCCC1. The molecule has 0 radical (unpaired) electrons. The van der Waals surface area contributed by atoms with Gasteiger partial charge in [0.05, 0.1) is 5.52 Å². The molecular weight excluding hydrogens is 256 g/mol. The standard InChI is InChI=1S/C19H26N2/c1-4-20-18(19(3)11-5-6-12-19)16-9-10-17-15(13-16)8-7-14(2)21-17/h7-10,13,18,20H,4-6,11-12H2,1-3H3. The molecule has 1 fully saturated rings. The van der Waals surface area contributed by atoms with Crippen LogP contribution in [0.25, 0.3) is 10.9 Å². The second-order valence-electron chi connectivity index (χ2n) is 6.76. The minimum Gasteiger partial charge on any atom is -0.310 e. The predicted octanol–water partition coefficient (Wildman–Crippen LogP) is 4.77. The van der Waals surface area contributed by atoms with E-state index in [9.17, 15) is 0 Å². The molecule has 2 heteroatoms. The van der Waals surface area contributed by atoms with Crippen molar-refractivity contribution in [2.75, 3.05) is 6.54 Å². The van der Waals surface area contributed by atoms with Gasteiger partial charge in [-0.2, -0.15) is 0 Å². The van der Waals surface area contributed by atoms with Gasteiger partial charge in [0.1, 0.15) is 0 Å². The van der Waals surface area contributed by atoms with Gasteiger partial charge in [0.25, 0.3) is 0 Å². The largest absolute Gasteiger partial charge is 0.310 e. The molecule has 2 nitrogen and oxygen atoms in total. The molecule has 1 aliphatic rings. The normalized spacial score (nSPS) is 19.0. The number of nitrogens with one attached hydrogen (secondary N) is 1. The van der Waals surface area contributed by atoms with Crippen molar-refractivity contribution in [1.82, 2.24) is 10.3 Å². The monoisotopic (exact) mass is 282 g/mol. The topological polar surface area (TPSA) is 24.9 Å². The number of nitrogens with zero attached hydrogens (tertiary/aromatic N) is 1. The van der Waals surface area contributed by atoms with Gasteiger partial charge in [-0.15, -0.1) is 0 Å². The van der Waals surface area contributed by atoms with Crippen LogP contribution in [0.5, 0.6) is 0 Å². The summed E-state index contributed by atoms with van der Waals surface area (Å²) in [6.07, 6.45) is 5.39. The van der Waals surface area contributed by atoms with E-state index in [-0.39, 0.29) is 0 Å². The maximum Gasteiger partial charge on any atom is 0.0705 e. The van der Waals surface area contributed by atoms with Gasteiger partial charge in [0, 0.05) is 17.1 Å². The summed E-state index contributed by atoms with van der Waals surface area (Å²) >= 11 is 0. The van der Waals surface area contributed by atoms with Gasteiger partial charge in [0.2, 0.25) is 0 Å². The number of pyridine rings is 1. The quantitative estimate of drug-likeness (QED) is 0.873. The second-order valence-corrected chi connectivity index (χ2v) is 6.76. The highest BCUT2D eigenvalue weighted by Gasteiger charge is 2.37. The summed E-state index contributed by atoms with van der Waals surface area (Å²) in [7, 11) is 0. The molecule has 1 heterocycles. The predicted molar refractivity (Wildman–Crippen MR) is 89.5 cm³/mol. The molecule has 1 saturated carbocycles. The zero-order valence-corrected chi connectivity index (χ0v) is 13.4. The zero-order chi connectivity index (χ0) is 14.9. The first-order chi connectivity index (χ1) is 10.1. The third-order valence-electron chi connectivity index (χ3n) is 5.04. The Kier molecular flexibility index (Phi) is 3.99. The Morgan fingerprint density at radius 3 is 2.67 bits per heavy atom. The summed E-state index contributed by atoms with van der Waals surface area (Å²) < 4.78 is 0. The van der Waals surface area contributed by atoms with Crippen molar-refractivity contribution in [2.24, 2.45) is 5.41 Å². The third-order valence-corrected chi connectivity index (χ3v) is 5.04. The molecule has 0 spiro atoms. The molecule has 112 valence electrons. The van der Waals surface area contributed by atoms with Crippen LogP contribution in [0.15, 0.2) is 30.3 Å². The van der Waals surface area contributed by atoms with Gasteiger partial charge >= 0.3 is 0 Å². The Morgan fingerprint density at radius 1 is 1.19 bits per heavy atom. The molecule has 0 amide bonds. The van der Waals surface area contributed by atoms with Crippen molar-refractivity contribution in [2.45, 2.75) is 52.5 Å². The van der Waals surface area contributed by atoms with Crippen molar-refractivity contribution in [3.8, 4) is 0 Å². The molecule has 3 rings (SSSR count). The molecule has 1 atom stereocenters. The lowest BCUT2D eigenvalue weighted by Gasteiger charge is -2.35. The number of benzene rings is 1. The van der Waals surface area contributed by atoms with E-state index in [1.54, 1.807) is 0 Å². The fourth-order valence-electron chi connectivity index (χ4n) is 3.87. The lowest BCUT2D eigenvalue weighted by molar-refractivity contribution is 0.226. The van der Waals surface area contributed by atoms with E-state index in [0.29, 0.717) is 11.5 Å². The molecule has 1 aromatic carbocycles. The summed E-state index contributed by atoms with van der Waals surface area (Å²) in [6.45, 7) is 7.72.